The van der Waals surface area contributed by atoms with Crippen LogP contribution in [0, 0.1) is 17.8 Å². The summed E-state index contributed by atoms with van der Waals surface area (Å²) >= 11 is 0. The second kappa shape index (κ2) is 9.58. The van der Waals surface area contributed by atoms with E-state index in [-0.39, 0.29) is 17.8 Å². The summed E-state index contributed by atoms with van der Waals surface area (Å²) in [5, 5.41) is 0. The third kappa shape index (κ3) is 4.93. The molecule has 3 rings (SSSR count). The number of carbonyl (C=O) groups excluding carboxylic acids is 1. The predicted octanol–water partition coefficient (Wildman–Crippen LogP) is 5.26. The molecule has 7 heteroatoms. The van der Waals surface area contributed by atoms with Crippen LogP contribution in [0.25, 0.3) is 0 Å². The molecule has 0 spiro atoms. The number of piperidine rings is 1. The van der Waals surface area contributed by atoms with Crippen LogP contribution in [-0.2, 0) is 20.4 Å². The maximum atomic E-state index is 13.4. The van der Waals surface area contributed by atoms with E-state index in [4.69, 9.17) is 9.47 Å². The summed E-state index contributed by atoms with van der Waals surface area (Å²) in [5.74, 6) is 0.775. The number of halogens is 3. The second-order valence-corrected chi connectivity index (χ2v) is 8.61. The van der Waals surface area contributed by atoms with Gasteiger partial charge >= 0.3 is 12.1 Å². The van der Waals surface area contributed by atoms with Crippen LogP contribution in [0.2, 0.25) is 0 Å². The highest BCUT2D eigenvalue weighted by molar-refractivity contribution is 5.73. The number of rotatable bonds is 6. The third-order valence-corrected chi connectivity index (χ3v) is 6.91. The fourth-order valence-electron chi connectivity index (χ4n) is 5.25. The molecule has 1 aromatic carbocycles. The van der Waals surface area contributed by atoms with Gasteiger partial charge in [0.25, 0.3) is 0 Å². The molecule has 168 valence electrons. The van der Waals surface area contributed by atoms with E-state index in [1.165, 1.54) is 19.2 Å². The van der Waals surface area contributed by atoms with E-state index in [1.807, 2.05) is 4.90 Å². The van der Waals surface area contributed by atoms with Gasteiger partial charge in [0.1, 0.15) is 0 Å². The zero-order valence-electron chi connectivity index (χ0n) is 18.0. The van der Waals surface area contributed by atoms with E-state index in [0.717, 1.165) is 24.8 Å². The van der Waals surface area contributed by atoms with Crippen LogP contribution in [0.15, 0.2) is 18.2 Å². The SMILES string of the molecule is CCC1CC(c2ccc(C(F)(F)F)cc2N2CCC(C(=O)OC)CC2)C[C@@H]1COC. The minimum absolute atomic E-state index is 0.178. The topological polar surface area (TPSA) is 38.8 Å². The molecule has 1 aromatic rings. The zero-order chi connectivity index (χ0) is 21.9. The number of methoxy groups -OCH3 is 2. The van der Waals surface area contributed by atoms with E-state index in [0.29, 0.717) is 50.1 Å². The number of benzene rings is 1. The maximum absolute atomic E-state index is 13.4. The molecule has 0 aromatic heterocycles. The molecule has 1 aliphatic carbocycles. The quantitative estimate of drug-likeness (QED) is 0.581. The standard InChI is InChI=1S/C23H32F3NO3/c1-4-15-11-17(12-18(15)14-29-2)20-6-5-19(23(24,25)26)13-21(20)27-9-7-16(8-10-27)22(28)30-3/h5-6,13,15-18H,4,7-12,14H2,1-3H3/t15?,17?,18-/m1/s1. The van der Waals surface area contributed by atoms with Gasteiger partial charge in [0.05, 0.1) is 18.6 Å². The van der Waals surface area contributed by atoms with Gasteiger partial charge in [-0.15, -0.1) is 0 Å². The summed E-state index contributed by atoms with van der Waals surface area (Å²) in [4.78, 5) is 13.9. The van der Waals surface area contributed by atoms with Gasteiger partial charge < -0.3 is 14.4 Å². The molecule has 0 amide bonds. The highest BCUT2D eigenvalue weighted by Crippen LogP contribution is 2.48. The van der Waals surface area contributed by atoms with Crippen molar-refractivity contribution >= 4 is 11.7 Å². The van der Waals surface area contributed by atoms with Crippen LogP contribution in [0.5, 0.6) is 0 Å². The molecule has 2 unspecified atom stereocenters. The van der Waals surface area contributed by atoms with Crippen LogP contribution in [0.3, 0.4) is 0 Å². The van der Waals surface area contributed by atoms with Crippen molar-refractivity contribution < 1.29 is 27.4 Å². The van der Waals surface area contributed by atoms with E-state index >= 15 is 0 Å². The Morgan fingerprint density at radius 1 is 1.13 bits per heavy atom. The lowest BCUT2D eigenvalue weighted by molar-refractivity contribution is -0.146. The van der Waals surface area contributed by atoms with Crippen molar-refractivity contribution in [2.45, 2.75) is 51.1 Å². The lowest BCUT2D eigenvalue weighted by atomic mass is 9.90. The van der Waals surface area contributed by atoms with Gasteiger partial charge in [0.15, 0.2) is 0 Å². The number of anilines is 1. The lowest BCUT2D eigenvalue weighted by Gasteiger charge is -2.35. The summed E-state index contributed by atoms with van der Waals surface area (Å²) in [7, 11) is 3.08. The van der Waals surface area contributed by atoms with E-state index in [1.54, 1.807) is 13.2 Å². The minimum atomic E-state index is -4.38. The largest absolute Gasteiger partial charge is 0.469 e. The van der Waals surface area contributed by atoms with Crippen molar-refractivity contribution in [1.29, 1.82) is 0 Å². The number of nitrogens with zero attached hydrogens (tertiary/aromatic N) is 1. The number of carbonyl (C=O) groups is 1. The Labute approximate surface area is 176 Å². The van der Waals surface area contributed by atoms with Gasteiger partial charge in [-0.1, -0.05) is 19.4 Å². The summed E-state index contributed by atoms with van der Waals surface area (Å²) in [6, 6.07) is 4.19. The van der Waals surface area contributed by atoms with Crippen LogP contribution in [0.4, 0.5) is 18.9 Å². The molecule has 1 aliphatic heterocycles. The summed E-state index contributed by atoms with van der Waals surface area (Å²) in [5.41, 5.74) is 1.05. The molecule has 0 radical (unpaired) electrons. The molecule has 4 nitrogen and oxygen atoms in total. The first-order chi connectivity index (χ1) is 14.3. The highest BCUT2D eigenvalue weighted by atomic mass is 19.4. The van der Waals surface area contributed by atoms with Crippen LogP contribution in [0.1, 0.15) is 56.1 Å². The first kappa shape index (κ1) is 22.9. The highest BCUT2D eigenvalue weighted by Gasteiger charge is 2.38. The average Bonchev–Trinajstić information content (AvgIpc) is 3.15. The summed E-state index contributed by atoms with van der Waals surface area (Å²) < 4.78 is 50.6. The van der Waals surface area contributed by atoms with Gasteiger partial charge in [-0.05, 0) is 61.1 Å². The first-order valence-corrected chi connectivity index (χ1v) is 10.8. The van der Waals surface area contributed by atoms with E-state index in [2.05, 4.69) is 6.92 Å². The maximum Gasteiger partial charge on any atom is 0.416 e. The normalized spacial score (nSPS) is 25.5. The molecule has 30 heavy (non-hydrogen) atoms. The van der Waals surface area contributed by atoms with E-state index in [9.17, 15) is 18.0 Å². The minimum Gasteiger partial charge on any atom is -0.469 e. The van der Waals surface area contributed by atoms with Crippen LogP contribution in [-0.4, -0.2) is 39.9 Å². The predicted molar refractivity (Wildman–Crippen MR) is 110 cm³/mol. The molecular weight excluding hydrogens is 395 g/mol. The number of hydrogen-bond donors (Lipinski definition) is 0. The Morgan fingerprint density at radius 2 is 1.80 bits per heavy atom. The number of hydrogen-bond acceptors (Lipinski definition) is 4. The molecule has 0 bridgehead atoms. The van der Waals surface area contributed by atoms with Crippen molar-refractivity contribution in [3.8, 4) is 0 Å². The monoisotopic (exact) mass is 427 g/mol. The average molecular weight is 428 g/mol. The van der Waals surface area contributed by atoms with E-state index < -0.39 is 11.7 Å². The Kier molecular flexibility index (Phi) is 7.32. The van der Waals surface area contributed by atoms with Gasteiger partial charge in [0.2, 0.25) is 0 Å². The van der Waals surface area contributed by atoms with Gasteiger partial charge in [0, 0.05) is 32.5 Å². The molecule has 1 saturated heterocycles. The number of ether oxygens (including phenoxy) is 2. The van der Waals surface area contributed by atoms with Crippen molar-refractivity contribution in [3.05, 3.63) is 29.3 Å². The van der Waals surface area contributed by atoms with Gasteiger partial charge in [-0.3, -0.25) is 4.79 Å². The Morgan fingerprint density at radius 3 is 2.37 bits per heavy atom. The lowest BCUT2D eigenvalue weighted by Crippen LogP contribution is -2.37. The zero-order valence-corrected chi connectivity index (χ0v) is 18.0. The summed E-state index contributed by atoms with van der Waals surface area (Å²) in [6.07, 6.45) is -0.235. The molecular formula is C23H32F3NO3. The van der Waals surface area contributed by atoms with Crippen LogP contribution >= 0.6 is 0 Å². The fraction of sp³-hybridized carbons (Fsp3) is 0.696. The Balaban J connectivity index is 1.88. The first-order valence-electron chi connectivity index (χ1n) is 10.8. The molecule has 1 saturated carbocycles. The smallest absolute Gasteiger partial charge is 0.416 e. The molecule has 3 atom stereocenters. The molecule has 1 heterocycles. The van der Waals surface area contributed by atoms with Crippen molar-refractivity contribution in [2.24, 2.45) is 17.8 Å². The van der Waals surface area contributed by atoms with Gasteiger partial charge in [-0.2, -0.15) is 13.2 Å². The van der Waals surface area contributed by atoms with Crippen LogP contribution < -0.4 is 4.90 Å². The van der Waals surface area contributed by atoms with Crippen molar-refractivity contribution in [3.63, 3.8) is 0 Å². The number of alkyl halides is 3. The third-order valence-electron chi connectivity index (χ3n) is 6.91. The van der Waals surface area contributed by atoms with Crippen molar-refractivity contribution in [2.75, 3.05) is 38.8 Å². The second-order valence-electron chi connectivity index (χ2n) is 8.61. The Hall–Kier alpha value is -1.76. The van der Waals surface area contributed by atoms with Crippen molar-refractivity contribution in [1.82, 2.24) is 0 Å². The number of esters is 1. The molecule has 0 N–H and O–H groups in total. The molecule has 2 fully saturated rings. The fourth-order valence-corrected chi connectivity index (χ4v) is 5.25. The Bertz CT molecular complexity index is 729. The van der Waals surface area contributed by atoms with Gasteiger partial charge in [-0.25, -0.2) is 0 Å². The summed E-state index contributed by atoms with van der Waals surface area (Å²) in [6.45, 7) is 3.97. The molecule has 2 aliphatic rings.